The fraction of sp³-hybridized carbons (Fsp3) is 0.900. The number of hydrogen-bond donors (Lipinski definition) is 1. The molecule has 0 saturated carbocycles. The highest BCUT2D eigenvalue weighted by Crippen LogP contribution is 2.10. The second-order valence-electron chi connectivity index (χ2n) is 3.62. The van der Waals surface area contributed by atoms with Crippen molar-refractivity contribution < 1.29 is 9.53 Å². The van der Waals surface area contributed by atoms with Crippen molar-refractivity contribution in [3.05, 3.63) is 0 Å². The minimum Gasteiger partial charge on any atom is -0.448 e. The third-order valence-corrected chi connectivity index (χ3v) is 2.44. The Bertz CT molecular complexity index is 166. The van der Waals surface area contributed by atoms with Gasteiger partial charge in [-0.15, -0.1) is 0 Å². The van der Waals surface area contributed by atoms with Crippen LogP contribution in [0.1, 0.15) is 25.7 Å². The molecule has 1 amide bonds. The Labute approximate surface area is 85.6 Å². The van der Waals surface area contributed by atoms with E-state index in [1.165, 1.54) is 12.8 Å². The molecular formula is C10H20N2O2. The Morgan fingerprint density at radius 1 is 1.29 bits per heavy atom. The third kappa shape index (κ3) is 3.96. The molecule has 0 atom stereocenters. The molecule has 0 aliphatic carbocycles. The van der Waals surface area contributed by atoms with Crippen LogP contribution in [0.15, 0.2) is 0 Å². The molecule has 0 unspecified atom stereocenters. The summed E-state index contributed by atoms with van der Waals surface area (Å²) in [5.74, 6) is 0. The lowest BCUT2D eigenvalue weighted by atomic mass is 10.2. The van der Waals surface area contributed by atoms with E-state index in [0.29, 0.717) is 6.61 Å². The van der Waals surface area contributed by atoms with Gasteiger partial charge in [0.15, 0.2) is 0 Å². The molecule has 0 spiro atoms. The van der Waals surface area contributed by atoms with Gasteiger partial charge in [0.05, 0.1) is 0 Å². The Kier molecular flexibility index (Phi) is 5.37. The highest BCUT2D eigenvalue weighted by atomic mass is 16.6. The maximum Gasteiger partial charge on any atom is 0.409 e. The molecule has 4 heteroatoms. The van der Waals surface area contributed by atoms with Crippen LogP contribution in [-0.4, -0.2) is 44.3 Å². The van der Waals surface area contributed by atoms with Crippen LogP contribution in [0.3, 0.4) is 0 Å². The van der Waals surface area contributed by atoms with Crippen molar-refractivity contribution in [2.24, 2.45) is 0 Å². The molecule has 4 nitrogen and oxygen atoms in total. The minimum absolute atomic E-state index is 0.151. The number of ether oxygens (including phenoxy) is 1. The number of rotatable bonds is 3. The molecule has 82 valence electrons. The van der Waals surface area contributed by atoms with Gasteiger partial charge >= 0.3 is 6.09 Å². The van der Waals surface area contributed by atoms with Crippen LogP contribution < -0.4 is 5.32 Å². The fourth-order valence-corrected chi connectivity index (χ4v) is 1.58. The molecule has 0 aromatic rings. The largest absolute Gasteiger partial charge is 0.448 e. The summed E-state index contributed by atoms with van der Waals surface area (Å²) in [5.41, 5.74) is 0. The zero-order chi connectivity index (χ0) is 10.2. The lowest BCUT2D eigenvalue weighted by Gasteiger charge is -2.19. The van der Waals surface area contributed by atoms with E-state index in [2.05, 4.69) is 5.32 Å². The lowest BCUT2D eigenvalue weighted by molar-refractivity contribution is 0.105. The van der Waals surface area contributed by atoms with Crippen molar-refractivity contribution in [3.63, 3.8) is 0 Å². The van der Waals surface area contributed by atoms with E-state index in [-0.39, 0.29) is 6.09 Å². The number of hydrogen-bond acceptors (Lipinski definition) is 3. The summed E-state index contributed by atoms with van der Waals surface area (Å²) >= 11 is 0. The van der Waals surface area contributed by atoms with Crippen molar-refractivity contribution in [2.75, 3.05) is 33.3 Å². The van der Waals surface area contributed by atoms with Gasteiger partial charge in [0, 0.05) is 19.6 Å². The van der Waals surface area contributed by atoms with Gasteiger partial charge in [0.25, 0.3) is 0 Å². The van der Waals surface area contributed by atoms with Crippen molar-refractivity contribution in [3.8, 4) is 0 Å². The van der Waals surface area contributed by atoms with Gasteiger partial charge in [-0.3, -0.25) is 0 Å². The van der Waals surface area contributed by atoms with Crippen molar-refractivity contribution in [1.82, 2.24) is 10.2 Å². The smallest absolute Gasteiger partial charge is 0.409 e. The first-order valence-electron chi connectivity index (χ1n) is 5.41. The summed E-state index contributed by atoms with van der Waals surface area (Å²) in [4.78, 5) is 13.3. The SMILES string of the molecule is CNCCOC(=O)N1CCCCCC1. The van der Waals surface area contributed by atoms with E-state index in [4.69, 9.17) is 4.74 Å². The van der Waals surface area contributed by atoms with Crippen LogP contribution in [0.25, 0.3) is 0 Å². The number of likely N-dealkylation sites (N-methyl/N-ethyl adjacent to an activating group) is 1. The average molecular weight is 200 g/mol. The predicted molar refractivity (Wildman–Crippen MR) is 55.3 cm³/mol. The second kappa shape index (κ2) is 6.65. The third-order valence-electron chi connectivity index (χ3n) is 2.44. The van der Waals surface area contributed by atoms with Gasteiger partial charge in [-0.2, -0.15) is 0 Å². The zero-order valence-corrected chi connectivity index (χ0v) is 8.92. The lowest BCUT2D eigenvalue weighted by Crippen LogP contribution is -2.33. The van der Waals surface area contributed by atoms with Gasteiger partial charge in [-0.25, -0.2) is 4.79 Å². The first kappa shape index (κ1) is 11.3. The molecule has 1 rings (SSSR count). The Morgan fingerprint density at radius 3 is 2.50 bits per heavy atom. The first-order chi connectivity index (χ1) is 6.84. The van der Waals surface area contributed by atoms with Gasteiger partial charge in [-0.1, -0.05) is 12.8 Å². The molecule has 0 radical (unpaired) electrons. The highest BCUT2D eigenvalue weighted by molar-refractivity contribution is 5.67. The van der Waals surface area contributed by atoms with E-state index in [0.717, 1.165) is 32.5 Å². The summed E-state index contributed by atoms with van der Waals surface area (Å²) in [7, 11) is 1.85. The van der Waals surface area contributed by atoms with Gasteiger partial charge in [0.1, 0.15) is 6.61 Å². The van der Waals surface area contributed by atoms with Crippen LogP contribution in [0, 0.1) is 0 Å². The summed E-state index contributed by atoms with van der Waals surface area (Å²) in [6.45, 7) is 2.90. The molecule has 0 aromatic heterocycles. The number of carbonyl (C=O) groups is 1. The van der Waals surface area contributed by atoms with E-state index in [1.807, 2.05) is 11.9 Å². The maximum absolute atomic E-state index is 11.5. The van der Waals surface area contributed by atoms with E-state index < -0.39 is 0 Å². The topological polar surface area (TPSA) is 41.6 Å². The summed E-state index contributed by atoms with van der Waals surface area (Å²) < 4.78 is 5.10. The molecule has 1 N–H and O–H groups in total. The van der Waals surface area contributed by atoms with Gasteiger partial charge in [-0.05, 0) is 19.9 Å². The first-order valence-corrected chi connectivity index (χ1v) is 5.41. The number of carbonyl (C=O) groups excluding carboxylic acids is 1. The number of likely N-dealkylation sites (tertiary alicyclic amines) is 1. The molecule has 1 heterocycles. The van der Waals surface area contributed by atoms with Crippen LogP contribution in [0.2, 0.25) is 0 Å². The van der Waals surface area contributed by atoms with Crippen molar-refractivity contribution in [2.45, 2.75) is 25.7 Å². The summed E-state index contributed by atoms with van der Waals surface area (Å²) in [6.07, 6.45) is 4.55. The van der Waals surface area contributed by atoms with Gasteiger partial charge < -0.3 is 15.0 Å². The number of amides is 1. The molecule has 0 aromatic carbocycles. The average Bonchev–Trinajstić information content (AvgIpc) is 2.46. The number of nitrogens with zero attached hydrogens (tertiary/aromatic N) is 1. The predicted octanol–water partition coefficient (Wildman–Crippen LogP) is 1.22. The van der Waals surface area contributed by atoms with Crippen LogP contribution in [0.4, 0.5) is 4.79 Å². The molecule has 14 heavy (non-hydrogen) atoms. The normalized spacial score (nSPS) is 17.6. The maximum atomic E-state index is 11.5. The molecule has 1 aliphatic heterocycles. The van der Waals surface area contributed by atoms with Crippen molar-refractivity contribution in [1.29, 1.82) is 0 Å². The monoisotopic (exact) mass is 200 g/mol. The molecule has 0 bridgehead atoms. The Balaban J connectivity index is 2.20. The van der Waals surface area contributed by atoms with Crippen LogP contribution in [0.5, 0.6) is 0 Å². The Hall–Kier alpha value is -0.770. The second-order valence-corrected chi connectivity index (χ2v) is 3.62. The summed E-state index contributed by atoms with van der Waals surface area (Å²) in [5, 5.41) is 2.94. The van der Waals surface area contributed by atoms with E-state index in [9.17, 15) is 4.79 Å². The number of nitrogens with one attached hydrogen (secondary N) is 1. The molecular weight excluding hydrogens is 180 g/mol. The van der Waals surface area contributed by atoms with Crippen LogP contribution in [-0.2, 0) is 4.74 Å². The van der Waals surface area contributed by atoms with E-state index in [1.54, 1.807) is 0 Å². The molecule has 1 saturated heterocycles. The van der Waals surface area contributed by atoms with Gasteiger partial charge in [0.2, 0.25) is 0 Å². The van der Waals surface area contributed by atoms with Crippen LogP contribution >= 0.6 is 0 Å². The van der Waals surface area contributed by atoms with Crippen molar-refractivity contribution >= 4 is 6.09 Å². The standard InChI is InChI=1S/C10H20N2O2/c1-11-6-9-14-10(13)12-7-4-2-3-5-8-12/h11H,2-9H2,1H3. The quantitative estimate of drug-likeness (QED) is 0.696. The zero-order valence-electron chi connectivity index (χ0n) is 8.92. The molecule has 1 fully saturated rings. The Morgan fingerprint density at radius 2 is 1.93 bits per heavy atom. The fourth-order valence-electron chi connectivity index (χ4n) is 1.58. The van der Waals surface area contributed by atoms with E-state index >= 15 is 0 Å². The minimum atomic E-state index is -0.151. The molecule has 1 aliphatic rings. The summed E-state index contributed by atoms with van der Waals surface area (Å²) in [6, 6.07) is 0. The highest BCUT2D eigenvalue weighted by Gasteiger charge is 2.15.